The van der Waals surface area contributed by atoms with Gasteiger partial charge in [-0.25, -0.2) is 18.4 Å². The van der Waals surface area contributed by atoms with Crippen LogP contribution in [0.25, 0.3) is 0 Å². The first-order chi connectivity index (χ1) is 17.4. The second kappa shape index (κ2) is 12.2. The van der Waals surface area contributed by atoms with Crippen LogP contribution in [0, 0.1) is 23.5 Å². The number of amides is 3. The second-order valence-electron chi connectivity index (χ2n) is 9.78. The summed E-state index contributed by atoms with van der Waals surface area (Å²) in [6, 6.07) is 11.9. The van der Waals surface area contributed by atoms with Crippen LogP contribution >= 0.6 is 0 Å². The maximum atomic E-state index is 13.3. The number of urea groups is 1. The highest BCUT2D eigenvalue weighted by Gasteiger charge is 2.35. The molecule has 2 aliphatic heterocycles. The Labute approximate surface area is 210 Å². The fourth-order valence-corrected chi connectivity index (χ4v) is 5.34. The number of piperidine rings is 2. The Hall–Kier alpha value is -3.20. The molecule has 3 atom stereocenters. The van der Waals surface area contributed by atoms with E-state index in [1.807, 2.05) is 12.1 Å². The smallest absolute Gasteiger partial charge is 0.409 e. The molecule has 0 aromatic heterocycles. The van der Waals surface area contributed by atoms with E-state index in [1.54, 1.807) is 4.90 Å². The molecule has 2 aromatic rings. The van der Waals surface area contributed by atoms with E-state index < -0.39 is 0 Å². The number of hydrogen-bond donors (Lipinski definition) is 2. The number of carbonyl (C=O) groups excluding carboxylic acids is 2. The summed E-state index contributed by atoms with van der Waals surface area (Å²) in [5, 5.41) is 5.83. The standard InChI is InChI=1S/C27H34F2N4O3/c1-36-27(35)33-14-12-25(31-26(34)30-24-10-8-23(29)9-11-24)21(18-33)17-32-13-2-3-20(16-32)15-19-4-6-22(28)7-5-19/h4-11,20-21,25H,2-3,12-18H2,1H3,(H2,30,31,34)/t20-,21+,25+/m0/s1. The first-order valence-corrected chi connectivity index (χ1v) is 12.5. The molecule has 0 saturated carbocycles. The second-order valence-corrected chi connectivity index (χ2v) is 9.78. The van der Waals surface area contributed by atoms with E-state index in [9.17, 15) is 18.4 Å². The van der Waals surface area contributed by atoms with Gasteiger partial charge in [0, 0.05) is 43.8 Å². The molecule has 2 aliphatic rings. The molecular weight excluding hydrogens is 466 g/mol. The van der Waals surface area contributed by atoms with Crippen molar-refractivity contribution < 1.29 is 23.1 Å². The molecule has 2 fully saturated rings. The van der Waals surface area contributed by atoms with Crippen LogP contribution in [0.15, 0.2) is 48.5 Å². The summed E-state index contributed by atoms with van der Waals surface area (Å²) >= 11 is 0. The molecule has 0 aliphatic carbocycles. The Balaban J connectivity index is 1.38. The monoisotopic (exact) mass is 500 g/mol. The minimum Gasteiger partial charge on any atom is -0.453 e. The fraction of sp³-hybridized carbons (Fsp3) is 0.481. The molecule has 9 heteroatoms. The zero-order valence-electron chi connectivity index (χ0n) is 20.6. The summed E-state index contributed by atoms with van der Waals surface area (Å²) in [7, 11) is 1.38. The number of halogens is 2. The zero-order chi connectivity index (χ0) is 25.5. The van der Waals surface area contributed by atoms with E-state index in [0.29, 0.717) is 31.1 Å². The highest BCUT2D eigenvalue weighted by atomic mass is 19.1. The van der Waals surface area contributed by atoms with Crippen molar-refractivity contribution in [3.05, 3.63) is 65.7 Å². The summed E-state index contributed by atoms with van der Waals surface area (Å²) in [6.07, 6.45) is 3.35. The zero-order valence-corrected chi connectivity index (χ0v) is 20.6. The number of methoxy groups -OCH3 is 1. The molecule has 2 N–H and O–H groups in total. The summed E-state index contributed by atoms with van der Waals surface area (Å²) in [5.74, 6) is -0.0898. The Morgan fingerprint density at radius 3 is 2.36 bits per heavy atom. The summed E-state index contributed by atoms with van der Waals surface area (Å²) in [6.45, 7) is 3.61. The van der Waals surface area contributed by atoms with E-state index in [1.165, 1.54) is 43.5 Å². The van der Waals surface area contributed by atoms with Gasteiger partial charge in [-0.3, -0.25) is 0 Å². The molecular formula is C27H34F2N4O3. The SMILES string of the molecule is COC(=O)N1CC[C@@H](NC(=O)Nc2ccc(F)cc2)[C@H](CN2CCC[C@@H](Cc3ccc(F)cc3)C2)C1. The third kappa shape index (κ3) is 7.16. The number of likely N-dealkylation sites (tertiary alicyclic amines) is 2. The van der Waals surface area contributed by atoms with Crippen molar-refractivity contribution in [2.45, 2.75) is 31.7 Å². The molecule has 4 rings (SSSR count). The Morgan fingerprint density at radius 1 is 0.972 bits per heavy atom. The molecule has 0 unspecified atom stereocenters. The van der Waals surface area contributed by atoms with E-state index in [4.69, 9.17) is 4.74 Å². The van der Waals surface area contributed by atoms with Gasteiger partial charge in [-0.05, 0) is 80.1 Å². The molecule has 2 aromatic carbocycles. The van der Waals surface area contributed by atoms with Crippen LogP contribution in [0.2, 0.25) is 0 Å². The molecule has 0 radical (unpaired) electrons. The van der Waals surface area contributed by atoms with Crippen molar-refractivity contribution in [3.63, 3.8) is 0 Å². The third-order valence-corrected chi connectivity index (χ3v) is 7.12. The van der Waals surface area contributed by atoms with Crippen LogP contribution in [0.3, 0.4) is 0 Å². The number of hydrogen-bond acceptors (Lipinski definition) is 4. The molecule has 0 spiro atoms. The van der Waals surface area contributed by atoms with Gasteiger partial charge in [-0.2, -0.15) is 0 Å². The van der Waals surface area contributed by atoms with Crippen LogP contribution in [0.5, 0.6) is 0 Å². The van der Waals surface area contributed by atoms with Crippen LogP contribution in [-0.4, -0.2) is 67.8 Å². The van der Waals surface area contributed by atoms with Crippen LogP contribution < -0.4 is 10.6 Å². The van der Waals surface area contributed by atoms with Crippen LogP contribution in [0.4, 0.5) is 24.1 Å². The lowest BCUT2D eigenvalue weighted by Crippen LogP contribution is -2.56. The van der Waals surface area contributed by atoms with E-state index >= 15 is 0 Å². The van der Waals surface area contributed by atoms with Crippen molar-refractivity contribution in [1.82, 2.24) is 15.1 Å². The number of nitrogens with zero attached hydrogens (tertiary/aromatic N) is 2. The van der Waals surface area contributed by atoms with E-state index in [2.05, 4.69) is 15.5 Å². The lowest BCUT2D eigenvalue weighted by atomic mass is 9.88. The normalized spacial score (nSPS) is 22.6. The summed E-state index contributed by atoms with van der Waals surface area (Å²) < 4.78 is 31.4. The molecule has 3 amide bonds. The topological polar surface area (TPSA) is 73.9 Å². The predicted octanol–water partition coefficient (Wildman–Crippen LogP) is 4.50. The lowest BCUT2D eigenvalue weighted by Gasteiger charge is -2.42. The molecule has 36 heavy (non-hydrogen) atoms. The summed E-state index contributed by atoms with van der Waals surface area (Å²) in [5.41, 5.74) is 1.65. The van der Waals surface area contributed by atoms with Gasteiger partial charge < -0.3 is 25.2 Å². The molecule has 194 valence electrons. The lowest BCUT2D eigenvalue weighted by molar-refractivity contribution is 0.0702. The number of nitrogens with one attached hydrogen (secondary N) is 2. The van der Waals surface area contributed by atoms with Gasteiger partial charge in [0.15, 0.2) is 0 Å². The van der Waals surface area contributed by atoms with Crippen LogP contribution in [-0.2, 0) is 11.2 Å². The van der Waals surface area contributed by atoms with Crippen molar-refractivity contribution in [2.75, 3.05) is 45.2 Å². The Bertz CT molecular complexity index is 1020. The van der Waals surface area contributed by atoms with Crippen molar-refractivity contribution in [1.29, 1.82) is 0 Å². The first kappa shape index (κ1) is 25.9. The number of carbonyl (C=O) groups is 2. The van der Waals surface area contributed by atoms with Gasteiger partial charge in [0.05, 0.1) is 7.11 Å². The highest BCUT2D eigenvalue weighted by Crippen LogP contribution is 2.25. The Morgan fingerprint density at radius 2 is 1.67 bits per heavy atom. The molecule has 7 nitrogen and oxygen atoms in total. The Kier molecular flexibility index (Phi) is 8.74. The van der Waals surface area contributed by atoms with Gasteiger partial charge in [0.1, 0.15) is 11.6 Å². The van der Waals surface area contributed by atoms with E-state index in [-0.39, 0.29) is 35.7 Å². The summed E-state index contributed by atoms with van der Waals surface area (Å²) in [4.78, 5) is 29.0. The average Bonchev–Trinajstić information content (AvgIpc) is 2.87. The molecule has 2 heterocycles. The number of benzene rings is 2. The van der Waals surface area contributed by atoms with Crippen molar-refractivity contribution in [3.8, 4) is 0 Å². The maximum absolute atomic E-state index is 13.3. The van der Waals surface area contributed by atoms with Gasteiger partial charge in [0.2, 0.25) is 0 Å². The highest BCUT2D eigenvalue weighted by molar-refractivity contribution is 5.89. The van der Waals surface area contributed by atoms with Crippen molar-refractivity contribution >= 4 is 17.8 Å². The van der Waals surface area contributed by atoms with Gasteiger partial charge in [-0.15, -0.1) is 0 Å². The maximum Gasteiger partial charge on any atom is 0.409 e. The number of rotatable bonds is 6. The van der Waals surface area contributed by atoms with Crippen LogP contribution in [0.1, 0.15) is 24.8 Å². The van der Waals surface area contributed by atoms with Gasteiger partial charge in [-0.1, -0.05) is 12.1 Å². The largest absolute Gasteiger partial charge is 0.453 e. The third-order valence-electron chi connectivity index (χ3n) is 7.12. The van der Waals surface area contributed by atoms with Crippen molar-refractivity contribution in [2.24, 2.45) is 11.8 Å². The van der Waals surface area contributed by atoms with E-state index in [0.717, 1.165) is 44.5 Å². The molecule has 0 bridgehead atoms. The average molecular weight is 501 g/mol. The fourth-order valence-electron chi connectivity index (χ4n) is 5.34. The first-order valence-electron chi connectivity index (χ1n) is 12.5. The minimum atomic E-state index is -0.365. The predicted molar refractivity (Wildman–Crippen MR) is 134 cm³/mol. The minimum absolute atomic E-state index is 0.0291. The molecule has 2 saturated heterocycles. The van der Waals surface area contributed by atoms with Gasteiger partial charge >= 0.3 is 12.1 Å². The number of ether oxygens (including phenoxy) is 1. The van der Waals surface area contributed by atoms with Gasteiger partial charge in [0.25, 0.3) is 0 Å². The number of anilines is 1. The quantitative estimate of drug-likeness (QED) is 0.613.